The van der Waals surface area contributed by atoms with Crippen LogP contribution in [0.3, 0.4) is 0 Å². The van der Waals surface area contributed by atoms with E-state index in [0.717, 1.165) is 33.1 Å². The van der Waals surface area contributed by atoms with E-state index < -0.39 is 0 Å². The fourth-order valence-electron chi connectivity index (χ4n) is 2.24. The number of hydrogen-bond acceptors (Lipinski definition) is 3. The Balaban J connectivity index is 2.00. The first-order chi connectivity index (χ1) is 8.91. The molecule has 0 aromatic heterocycles. The van der Waals surface area contributed by atoms with E-state index in [1.54, 1.807) is 0 Å². The summed E-state index contributed by atoms with van der Waals surface area (Å²) in [6.07, 6.45) is 2.29. The van der Waals surface area contributed by atoms with Gasteiger partial charge in [0.15, 0.2) is 0 Å². The summed E-state index contributed by atoms with van der Waals surface area (Å²) >= 11 is 7.04. The molecular formula is C14H19Br2NO2. The molecule has 1 aliphatic rings. The van der Waals surface area contributed by atoms with E-state index in [2.05, 4.69) is 45.7 Å². The minimum atomic E-state index is -0.0219. The van der Waals surface area contributed by atoms with Crippen molar-refractivity contribution in [3.63, 3.8) is 0 Å². The zero-order valence-electron chi connectivity index (χ0n) is 11.2. The van der Waals surface area contributed by atoms with E-state index in [4.69, 9.17) is 15.2 Å². The molecular weight excluding hydrogens is 374 g/mol. The van der Waals surface area contributed by atoms with Crippen molar-refractivity contribution in [1.29, 1.82) is 0 Å². The average molecular weight is 393 g/mol. The Bertz CT molecular complexity index is 440. The van der Waals surface area contributed by atoms with Crippen molar-refractivity contribution in [2.45, 2.75) is 44.9 Å². The van der Waals surface area contributed by atoms with Gasteiger partial charge in [-0.1, -0.05) is 0 Å². The molecule has 0 aliphatic carbocycles. The highest BCUT2D eigenvalue weighted by molar-refractivity contribution is 9.11. The second-order valence-electron chi connectivity index (χ2n) is 5.44. The molecule has 106 valence electrons. The summed E-state index contributed by atoms with van der Waals surface area (Å²) in [5.74, 6) is 0.811. The van der Waals surface area contributed by atoms with E-state index in [1.807, 2.05) is 12.1 Å². The predicted octanol–water partition coefficient (Wildman–Crippen LogP) is 4.01. The van der Waals surface area contributed by atoms with Gasteiger partial charge < -0.3 is 15.2 Å². The predicted molar refractivity (Wildman–Crippen MR) is 83.4 cm³/mol. The lowest BCUT2D eigenvalue weighted by Crippen LogP contribution is -2.24. The van der Waals surface area contributed by atoms with Gasteiger partial charge in [0.05, 0.1) is 20.7 Å². The fourth-order valence-corrected chi connectivity index (χ4v) is 3.75. The lowest BCUT2D eigenvalue weighted by molar-refractivity contribution is -0.0328. The maximum absolute atomic E-state index is 5.92. The van der Waals surface area contributed by atoms with Crippen LogP contribution >= 0.6 is 31.9 Å². The first-order valence-corrected chi connectivity index (χ1v) is 7.98. The smallest absolute Gasteiger partial charge is 0.147 e. The lowest BCUT2D eigenvalue weighted by atomic mass is 10.1. The molecule has 1 unspecified atom stereocenters. The van der Waals surface area contributed by atoms with Gasteiger partial charge in [0.1, 0.15) is 12.4 Å². The molecule has 19 heavy (non-hydrogen) atoms. The van der Waals surface area contributed by atoms with Crippen molar-refractivity contribution in [2.75, 3.05) is 6.61 Å². The van der Waals surface area contributed by atoms with Crippen LogP contribution in [0, 0.1) is 0 Å². The monoisotopic (exact) mass is 391 g/mol. The molecule has 0 bridgehead atoms. The van der Waals surface area contributed by atoms with Crippen molar-refractivity contribution >= 4 is 31.9 Å². The standard InChI is InChI=1S/C14H19Br2NO2/c1-14(2)4-3-10(19-14)8-18-13-11(15)5-9(7-17)6-12(13)16/h5-6,10H,3-4,7-8,17H2,1-2H3. The van der Waals surface area contributed by atoms with Gasteiger partial charge in [-0.3, -0.25) is 0 Å². The maximum atomic E-state index is 5.92. The third-order valence-corrected chi connectivity index (χ3v) is 4.44. The number of rotatable bonds is 4. The summed E-state index contributed by atoms with van der Waals surface area (Å²) in [6.45, 7) is 5.32. The quantitative estimate of drug-likeness (QED) is 0.841. The van der Waals surface area contributed by atoms with Crippen LogP contribution in [-0.2, 0) is 11.3 Å². The second-order valence-corrected chi connectivity index (χ2v) is 7.15. The van der Waals surface area contributed by atoms with Crippen molar-refractivity contribution in [3.05, 3.63) is 26.6 Å². The van der Waals surface area contributed by atoms with E-state index in [1.165, 1.54) is 0 Å². The van der Waals surface area contributed by atoms with E-state index >= 15 is 0 Å². The van der Waals surface area contributed by atoms with Gasteiger partial charge >= 0.3 is 0 Å². The zero-order chi connectivity index (χ0) is 14.0. The summed E-state index contributed by atoms with van der Waals surface area (Å²) < 4.78 is 13.6. The van der Waals surface area contributed by atoms with E-state index in [0.29, 0.717) is 13.2 Å². The molecule has 0 radical (unpaired) electrons. The number of hydrogen-bond donors (Lipinski definition) is 1. The molecule has 2 N–H and O–H groups in total. The van der Waals surface area contributed by atoms with Crippen molar-refractivity contribution in [2.24, 2.45) is 5.73 Å². The average Bonchev–Trinajstić information content (AvgIpc) is 2.67. The molecule has 0 saturated carbocycles. The van der Waals surface area contributed by atoms with Crippen LogP contribution in [0.15, 0.2) is 21.1 Å². The van der Waals surface area contributed by atoms with Gasteiger partial charge in [0.2, 0.25) is 0 Å². The number of benzene rings is 1. The Morgan fingerprint density at radius 2 is 2.00 bits per heavy atom. The fraction of sp³-hybridized carbons (Fsp3) is 0.571. The molecule has 1 aromatic carbocycles. The van der Waals surface area contributed by atoms with Gasteiger partial charge in [-0.2, -0.15) is 0 Å². The Hall–Kier alpha value is -0.100. The molecule has 0 spiro atoms. The first-order valence-electron chi connectivity index (χ1n) is 6.40. The number of halogens is 2. The molecule has 1 aliphatic heterocycles. The summed E-state index contributed by atoms with van der Waals surface area (Å²) in [6, 6.07) is 3.97. The number of nitrogens with two attached hydrogens (primary N) is 1. The first kappa shape index (κ1) is 15.3. The van der Waals surface area contributed by atoms with Crippen LogP contribution in [0.25, 0.3) is 0 Å². The maximum Gasteiger partial charge on any atom is 0.147 e. The number of ether oxygens (including phenoxy) is 2. The molecule has 2 rings (SSSR count). The molecule has 0 amide bonds. The van der Waals surface area contributed by atoms with Crippen LogP contribution < -0.4 is 10.5 Å². The molecule has 1 heterocycles. The van der Waals surface area contributed by atoms with Crippen molar-refractivity contribution in [1.82, 2.24) is 0 Å². The van der Waals surface area contributed by atoms with Gasteiger partial charge in [0.25, 0.3) is 0 Å². The van der Waals surface area contributed by atoms with Crippen molar-refractivity contribution in [3.8, 4) is 5.75 Å². The Morgan fingerprint density at radius 1 is 1.37 bits per heavy atom. The largest absolute Gasteiger partial charge is 0.489 e. The summed E-state index contributed by atoms with van der Waals surface area (Å²) in [7, 11) is 0. The van der Waals surface area contributed by atoms with Gasteiger partial charge in [-0.25, -0.2) is 0 Å². The molecule has 1 aromatic rings. The topological polar surface area (TPSA) is 44.5 Å². The molecule has 3 nitrogen and oxygen atoms in total. The van der Waals surface area contributed by atoms with E-state index in [-0.39, 0.29) is 11.7 Å². The Labute approximate surface area is 131 Å². The Morgan fingerprint density at radius 3 is 2.47 bits per heavy atom. The second kappa shape index (κ2) is 6.12. The van der Waals surface area contributed by atoms with Gasteiger partial charge in [0, 0.05) is 6.54 Å². The summed E-state index contributed by atoms with van der Waals surface area (Å²) in [4.78, 5) is 0. The third-order valence-electron chi connectivity index (χ3n) is 3.26. The Kier molecular flexibility index (Phi) is 4.93. The zero-order valence-corrected chi connectivity index (χ0v) is 14.4. The van der Waals surface area contributed by atoms with Crippen LogP contribution in [0.1, 0.15) is 32.3 Å². The van der Waals surface area contributed by atoms with Crippen LogP contribution in [0.5, 0.6) is 5.75 Å². The normalized spacial score (nSPS) is 21.6. The molecule has 1 fully saturated rings. The van der Waals surface area contributed by atoms with Gasteiger partial charge in [-0.05, 0) is 76.2 Å². The van der Waals surface area contributed by atoms with Crippen LogP contribution in [0.2, 0.25) is 0 Å². The van der Waals surface area contributed by atoms with Crippen LogP contribution in [0.4, 0.5) is 0 Å². The van der Waals surface area contributed by atoms with Gasteiger partial charge in [-0.15, -0.1) is 0 Å². The SMILES string of the molecule is CC1(C)CCC(COc2c(Br)cc(CN)cc2Br)O1. The lowest BCUT2D eigenvalue weighted by Gasteiger charge is -2.20. The van der Waals surface area contributed by atoms with E-state index in [9.17, 15) is 0 Å². The van der Waals surface area contributed by atoms with Crippen molar-refractivity contribution < 1.29 is 9.47 Å². The highest BCUT2D eigenvalue weighted by atomic mass is 79.9. The summed E-state index contributed by atoms with van der Waals surface area (Å²) in [5.41, 5.74) is 6.68. The highest BCUT2D eigenvalue weighted by Gasteiger charge is 2.32. The minimum Gasteiger partial charge on any atom is -0.489 e. The molecule has 5 heteroatoms. The minimum absolute atomic E-state index is 0.0219. The third kappa shape index (κ3) is 3.94. The molecule has 1 saturated heterocycles. The highest BCUT2D eigenvalue weighted by Crippen LogP contribution is 2.36. The van der Waals surface area contributed by atoms with Crippen LogP contribution in [-0.4, -0.2) is 18.3 Å². The summed E-state index contributed by atoms with van der Waals surface area (Å²) in [5, 5.41) is 0. The molecule has 1 atom stereocenters.